The molecule has 5 heteroatoms. The smallest absolute Gasteiger partial charge is 0.0825 e. The van der Waals surface area contributed by atoms with Crippen LogP contribution in [0.1, 0.15) is 17.0 Å². The van der Waals surface area contributed by atoms with Crippen LogP contribution in [0.2, 0.25) is 0 Å². The third-order valence-corrected chi connectivity index (χ3v) is 2.82. The van der Waals surface area contributed by atoms with Crippen molar-refractivity contribution in [2.75, 3.05) is 5.32 Å². The SMILES string of the molecule is Cc1nn(C)cc1NCc1cnn(C)c1C. The molecule has 0 bridgehead atoms. The van der Waals surface area contributed by atoms with Crippen LogP contribution in [0, 0.1) is 13.8 Å². The third kappa shape index (κ3) is 1.93. The normalized spacial score (nSPS) is 10.8. The lowest BCUT2D eigenvalue weighted by molar-refractivity contribution is 0.738. The number of aromatic nitrogens is 4. The summed E-state index contributed by atoms with van der Waals surface area (Å²) in [6.45, 7) is 4.85. The van der Waals surface area contributed by atoms with Gasteiger partial charge in [-0.25, -0.2) is 0 Å². The molecule has 5 nitrogen and oxygen atoms in total. The van der Waals surface area contributed by atoms with Crippen LogP contribution in [0.5, 0.6) is 0 Å². The molecule has 1 N–H and O–H groups in total. The van der Waals surface area contributed by atoms with Crippen molar-refractivity contribution in [2.24, 2.45) is 14.1 Å². The number of hydrogen-bond acceptors (Lipinski definition) is 3. The average Bonchev–Trinajstić information content (AvgIpc) is 2.70. The molecule has 2 rings (SSSR count). The molecule has 0 aliphatic heterocycles. The van der Waals surface area contributed by atoms with Crippen molar-refractivity contribution < 1.29 is 0 Å². The van der Waals surface area contributed by atoms with Gasteiger partial charge >= 0.3 is 0 Å². The van der Waals surface area contributed by atoms with E-state index in [1.165, 1.54) is 11.3 Å². The zero-order valence-electron chi connectivity index (χ0n) is 10.2. The first-order valence-electron chi connectivity index (χ1n) is 5.29. The highest BCUT2D eigenvalue weighted by molar-refractivity contribution is 5.46. The summed E-state index contributed by atoms with van der Waals surface area (Å²) in [6, 6.07) is 0. The van der Waals surface area contributed by atoms with Crippen molar-refractivity contribution in [2.45, 2.75) is 20.4 Å². The molecule has 0 saturated carbocycles. The highest BCUT2D eigenvalue weighted by Gasteiger charge is 2.05. The van der Waals surface area contributed by atoms with Gasteiger partial charge in [0.05, 0.1) is 17.6 Å². The number of hydrogen-bond donors (Lipinski definition) is 1. The Balaban J connectivity index is 2.08. The lowest BCUT2D eigenvalue weighted by atomic mass is 10.2. The molecule has 2 aromatic rings. The zero-order chi connectivity index (χ0) is 11.7. The van der Waals surface area contributed by atoms with Crippen LogP contribution in [0.25, 0.3) is 0 Å². The Morgan fingerprint density at radius 3 is 2.56 bits per heavy atom. The summed E-state index contributed by atoms with van der Waals surface area (Å²) in [5, 5.41) is 11.9. The highest BCUT2D eigenvalue weighted by atomic mass is 15.3. The van der Waals surface area contributed by atoms with Gasteiger partial charge in [-0.3, -0.25) is 9.36 Å². The molecule has 0 unspecified atom stereocenters. The van der Waals surface area contributed by atoms with E-state index in [-0.39, 0.29) is 0 Å². The molecule has 0 spiro atoms. The van der Waals surface area contributed by atoms with Crippen LogP contribution < -0.4 is 5.32 Å². The van der Waals surface area contributed by atoms with Gasteiger partial charge < -0.3 is 5.32 Å². The largest absolute Gasteiger partial charge is 0.378 e. The van der Waals surface area contributed by atoms with E-state index in [1.54, 1.807) is 0 Å². The second-order valence-corrected chi connectivity index (χ2v) is 4.03. The molecule has 0 saturated heterocycles. The van der Waals surface area contributed by atoms with E-state index in [1.807, 2.05) is 42.8 Å². The fourth-order valence-corrected chi connectivity index (χ4v) is 1.68. The highest BCUT2D eigenvalue weighted by Crippen LogP contribution is 2.14. The molecular formula is C11H17N5. The van der Waals surface area contributed by atoms with Crippen LogP contribution in [0.3, 0.4) is 0 Å². The Kier molecular flexibility index (Phi) is 2.68. The number of rotatable bonds is 3. The molecule has 0 aliphatic rings. The van der Waals surface area contributed by atoms with Crippen LogP contribution >= 0.6 is 0 Å². The van der Waals surface area contributed by atoms with Gasteiger partial charge in [0.15, 0.2) is 0 Å². The van der Waals surface area contributed by atoms with E-state index in [9.17, 15) is 0 Å². The summed E-state index contributed by atoms with van der Waals surface area (Å²) in [7, 11) is 3.88. The van der Waals surface area contributed by atoms with Crippen LogP contribution in [0.4, 0.5) is 5.69 Å². The van der Waals surface area contributed by atoms with E-state index >= 15 is 0 Å². The van der Waals surface area contributed by atoms with Crippen LogP contribution in [-0.2, 0) is 20.6 Å². The van der Waals surface area contributed by atoms with E-state index < -0.39 is 0 Å². The number of nitrogens with one attached hydrogen (secondary N) is 1. The molecule has 2 heterocycles. The third-order valence-electron chi connectivity index (χ3n) is 2.82. The van der Waals surface area contributed by atoms with Gasteiger partial charge in [0.2, 0.25) is 0 Å². The van der Waals surface area contributed by atoms with Crippen molar-refractivity contribution in [3.05, 3.63) is 29.3 Å². The van der Waals surface area contributed by atoms with Crippen LogP contribution in [0.15, 0.2) is 12.4 Å². The first-order chi connectivity index (χ1) is 7.58. The Hall–Kier alpha value is -1.78. The maximum Gasteiger partial charge on any atom is 0.0825 e. The fourth-order valence-electron chi connectivity index (χ4n) is 1.68. The minimum atomic E-state index is 0.784. The van der Waals surface area contributed by atoms with E-state index in [2.05, 4.69) is 22.4 Å². The molecule has 0 aromatic carbocycles. The first kappa shape index (κ1) is 10.7. The topological polar surface area (TPSA) is 47.7 Å². The average molecular weight is 219 g/mol. The molecule has 0 radical (unpaired) electrons. The molecule has 2 aromatic heterocycles. The summed E-state index contributed by atoms with van der Waals surface area (Å²) in [6.07, 6.45) is 3.88. The summed E-state index contributed by atoms with van der Waals surface area (Å²) in [4.78, 5) is 0. The molecule has 0 aliphatic carbocycles. The predicted octanol–water partition coefficient (Wildman–Crippen LogP) is 1.38. The Bertz CT molecular complexity index is 492. The van der Waals surface area contributed by atoms with E-state index in [0.29, 0.717) is 0 Å². The van der Waals surface area contributed by atoms with Crippen molar-refractivity contribution >= 4 is 5.69 Å². The van der Waals surface area contributed by atoms with E-state index in [4.69, 9.17) is 0 Å². The summed E-state index contributed by atoms with van der Waals surface area (Å²) in [5.41, 5.74) is 4.49. The zero-order valence-corrected chi connectivity index (χ0v) is 10.2. The first-order valence-corrected chi connectivity index (χ1v) is 5.29. The van der Waals surface area contributed by atoms with Gasteiger partial charge in [-0.2, -0.15) is 10.2 Å². The minimum absolute atomic E-state index is 0.784. The standard InChI is InChI=1S/C11H17N5/c1-8-11(7-15(3)14-8)12-5-10-6-13-16(4)9(10)2/h6-7,12H,5H2,1-4H3. The van der Waals surface area contributed by atoms with Gasteiger partial charge in [0.1, 0.15) is 0 Å². The van der Waals surface area contributed by atoms with Gasteiger partial charge in [0, 0.05) is 38.1 Å². The van der Waals surface area contributed by atoms with Gasteiger partial charge in [0.25, 0.3) is 0 Å². The van der Waals surface area contributed by atoms with Gasteiger partial charge in [-0.1, -0.05) is 0 Å². The Morgan fingerprint density at radius 2 is 2.06 bits per heavy atom. The van der Waals surface area contributed by atoms with Crippen molar-refractivity contribution in [1.82, 2.24) is 19.6 Å². The van der Waals surface area contributed by atoms with Gasteiger partial charge in [-0.15, -0.1) is 0 Å². The lowest BCUT2D eigenvalue weighted by Crippen LogP contribution is -2.01. The molecule has 16 heavy (non-hydrogen) atoms. The predicted molar refractivity (Wildman–Crippen MR) is 63.2 cm³/mol. The Morgan fingerprint density at radius 1 is 1.31 bits per heavy atom. The second kappa shape index (κ2) is 4.00. The van der Waals surface area contributed by atoms with Crippen LogP contribution in [-0.4, -0.2) is 19.6 Å². The lowest BCUT2D eigenvalue weighted by Gasteiger charge is -2.04. The maximum atomic E-state index is 4.28. The number of aryl methyl sites for hydroxylation is 3. The van der Waals surface area contributed by atoms with Crippen molar-refractivity contribution in [3.8, 4) is 0 Å². The minimum Gasteiger partial charge on any atom is -0.378 e. The summed E-state index contributed by atoms with van der Waals surface area (Å²) < 4.78 is 3.70. The molecule has 0 amide bonds. The molecule has 0 atom stereocenters. The summed E-state index contributed by atoms with van der Waals surface area (Å²) in [5.74, 6) is 0. The van der Waals surface area contributed by atoms with Gasteiger partial charge in [-0.05, 0) is 13.8 Å². The second-order valence-electron chi connectivity index (χ2n) is 4.03. The quantitative estimate of drug-likeness (QED) is 0.848. The van der Waals surface area contributed by atoms with E-state index in [0.717, 1.165) is 17.9 Å². The van der Waals surface area contributed by atoms with Crippen molar-refractivity contribution in [3.63, 3.8) is 0 Å². The summed E-state index contributed by atoms with van der Waals surface area (Å²) >= 11 is 0. The Labute approximate surface area is 95.1 Å². The fraction of sp³-hybridized carbons (Fsp3) is 0.455. The monoisotopic (exact) mass is 219 g/mol. The number of anilines is 1. The molecule has 86 valence electrons. The van der Waals surface area contributed by atoms with Crippen molar-refractivity contribution in [1.29, 1.82) is 0 Å². The molecule has 0 fully saturated rings. The maximum absolute atomic E-state index is 4.28. The number of nitrogens with zero attached hydrogens (tertiary/aromatic N) is 4. The molecular weight excluding hydrogens is 202 g/mol.